The van der Waals surface area contributed by atoms with Crippen molar-refractivity contribution in [2.24, 2.45) is 5.92 Å². The molecule has 1 nitrogen and oxygen atoms in total. The zero-order chi connectivity index (χ0) is 8.67. The number of rotatable bonds is 0. The highest BCUT2D eigenvalue weighted by Gasteiger charge is 2.44. The fourth-order valence-electron chi connectivity index (χ4n) is 3.94. The highest BCUT2D eigenvalue weighted by Crippen LogP contribution is 2.44. The lowest BCUT2D eigenvalue weighted by atomic mass is 9.92. The summed E-state index contributed by atoms with van der Waals surface area (Å²) in [6, 6.07) is 2.02. The van der Waals surface area contributed by atoms with Crippen molar-refractivity contribution in [3.8, 4) is 0 Å². The molecule has 1 heteroatoms. The van der Waals surface area contributed by atoms with Gasteiger partial charge in [0.25, 0.3) is 0 Å². The lowest BCUT2D eigenvalue weighted by Crippen LogP contribution is -2.41. The van der Waals surface area contributed by atoms with E-state index in [0.29, 0.717) is 0 Å². The fourth-order valence-corrected chi connectivity index (χ4v) is 3.94. The van der Waals surface area contributed by atoms with Gasteiger partial charge in [-0.05, 0) is 44.6 Å². The Morgan fingerprint density at radius 1 is 0.846 bits per heavy atom. The zero-order valence-electron chi connectivity index (χ0n) is 8.54. The molecule has 0 N–H and O–H groups in total. The number of nitrogens with zero attached hydrogens (tertiary/aromatic N) is 1. The molecule has 3 atom stereocenters. The second-order valence-corrected chi connectivity index (χ2v) is 5.24. The number of piperidine rings is 1. The Morgan fingerprint density at radius 2 is 1.77 bits per heavy atom. The summed E-state index contributed by atoms with van der Waals surface area (Å²) in [5, 5.41) is 0. The normalized spacial score (nSPS) is 45.7. The van der Waals surface area contributed by atoms with Gasteiger partial charge in [-0.1, -0.05) is 19.3 Å². The minimum atomic E-state index is 1.01. The first-order valence-electron chi connectivity index (χ1n) is 6.21. The maximum atomic E-state index is 2.87. The molecule has 3 rings (SSSR count). The lowest BCUT2D eigenvalue weighted by Gasteiger charge is -2.36. The van der Waals surface area contributed by atoms with Crippen LogP contribution in [0.4, 0.5) is 0 Å². The monoisotopic (exact) mass is 179 g/mol. The Balaban J connectivity index is 1.74. The lowest BCUT2D eigenvalue weighted by molar-refractivity contribution is 0.118. The van der Waals surface area contributed by atoms with E-state index >= 15 is 0 Å². The summed E-state index contributed by atoms with van der Waals surface area (Å²) in [4.78, 5) is 2.87. The smallest absolute Gasteiger partial charge is 0.0127 e. The van der Waals surface area contributed by atoms with Crippen LogP contribution < -0.4 is 0 Å². The third kappa shape index (κ3) is 1.32. The molecule has 1 aliphatic carbocycles. The van der Waals surface area contributed by atoms with Gasteiger partial charge in [0.2, 0.25) is 0 Å². The molecular formula is C12H21N. The first-order chi connectivity index (χ1) is 6.45. The molecule has 3 fully saturated rings. The van der Waals surface area contributed by atoms with Crippen molar-refractivity contribution < 1.29 is 0 Å². The molecule has 74 valence electrons. The fraction of sp³-hybridized carbons (Fsp3) is 1.00. The molecule has 0 aromatic rings. The minimum Gasteiger partial charge on any atom is -0.297 e. The molecule has 2 heterocycles. The van der Waals surface area contributed by atoms with Crippen LogP contribution in [0.15, 0.2) is 0 Å². The largest absolute Gasteiger partial charge is 0.297 e. The van der Waals surface area contributed by atoms with Crippen molar-refractivity contribution in [3.63, 3.8) is 0 Å². The molecule has 13 heavy (non-hydrogen) atoms. The van der Waals surface area contributed by atoms with Crippen molar-refractivity contribution in [3.05, 3.63) is 0 Å². The Hall–Kier alpha value is -0.0400. The van der Waals surface area contributed by atoms with Crippen molar-refractivity contribution in [2.75, 3.05) is 6.54 Å². The molecule has 3 aliphatic rings. The Morgan fingerprint density at radius 3 is 2.77 bits per heavy atom. The molecule has 2 bridgehead atoms. The summed E-state index contributed by atoms with van der Waals surface area (Å²) in [7, 11) is 0. The maximum absolute atomic E-state index is 2.87. The topological polar surface area (TPSA) is 3.24 Å². The van der Waals surface area contributed by atoms with Crippen LogP contribution in [0.2, 0.25) is 0 Å². The van der Waals surface area contributed by atoms with E-state index < -0.39 is 0 Å². The van der Waals surface area contributed by atoms with Crippen molar-refractivity contribution in [2.45, 2.75) is 63.5 Å². The van der Waals surface area contributed by atoms with Crippen LogP contribution in [-0.2, 0) is 0 Å². The van der Waals surface area contributed by atoms with E-state index in [0.717, 1.165) is 18.0 Å². The molecule has 1 saturated carbocycles. The predicted octanol–water partition coefficient (Wildman–Crippen LogP) is 2.80. The second kappa shape index (κ2) is 3.27. The van der Waals surface area contributed by atoms with Gasteiger partial charge in [-0.15, -0.1) is 0 Å². The van der Waals surface area contributed by atoms with Gasteiger partial charge in [0.1, 0.15) is 0 Å². The third-order valence-electron chi connectivity index (χ3n) is 4.55. The second-order valence-electron chi connectivity index (χ2n) is 5.24. The van der Waals surface area contributed by atoms with Crippen molar-refractivity contribution >= 4 is 0 Å². The van der Waals surface area contributed by atoms with E-state index in [1.54, 1.807) is 12.8 Å². The highest BCUT2D eigenvalue weighted by molar-refractivity contribution is 4.99. The van der Waals surface area contributed by atoms with Gasteiger partial charge in [-0.25, -0.2) is 0 Å². The van der Waals surface area contributed by atoms with E-state index in [2.05, 4.69) is 4.90 Å². The van der Waals surface area contributed by atoms with Crippen LogP contribution in [0, 0.1) is 5.92 Å². The van der Waals surface area contributed by atoms with Crippen LogP contribution in [-0.4, -0.2) is 23.5 Å². The standard InChI is InChI=1S/C12H21N/c1-2-4-8-13-11-7-6-10(9-11)12(13)5-3-1/h10-12H,1-9H2. The number of fused-ring (bicyclic) bond motifs is 5. The Labute approximate surface area is 81.5 Å². The maximum Gasteiger partial charge on any atom is 0.0127 e. The summed E-state index contributed by atoms with van der Waals surface area (Å²) in [6.45, 7) is 1.42. The van der Waals surface area contributed by atoms with Gasteiger partial charge in [-0.2, -0.15) is 0 Å². The van der Waals surface area contributed by atoms with Gasteiger partial charge >= 0.3 is 0 Å². The molecule has 0 amide bonds. The van der Waals surface area contributed by atoms with Gasteiger partial charge < -0.3 is 0 Å². The van der Waals surface area contributed by atoms with Crippen LogP contribution in [0.3, 0.4) is 0 Å². The molecule has 0 spiro atoms. The summed E-state index contributed by atoms with van der Waals surface area (Å²) < 4.78 is 0. The van der Waals surface area contributed by atoms with E-state index in [1.807, 2.05) is 0 Å². The first kappa shape index (κ1) is 8.28. The Kier molecular flexibility index (Phi) is 2.08. The van der Waals surface area contributed by atoms with Gasteiger partial charge in [0, 0.05) is 12.1 Å². The van der Waals surface area contributed by atoms with Gasteiger partial charge in [0.05, 0.1) is 0 Å². The van der Waals surface area contributed by atoms with E-state index in [9.17, 15) is 0 Å². The quantitative estimate of drug-likeness (QED) is 0.552. The highest BCUT2D eigenvalue weighted by atomic mass is 15.2. The molecular weight excluding hydrogens is 158 g/mol. The van der Waals surface area contributed by atoms with Crippen LogP contribution in [0.1, 0.15) is 51.4 Å². The van der Waals surface area contributed by atoms with Crippen LogP contribution in [0.5, 0.6) is 0 Å². The van der Waals surface area contributed by atoms with Crippen LogP contribution >= 0.6 is 0 Å². The van der Waals surface area contributed by atoms with E-state index in [-0.39, 0.29) is 0 Å². The van der Waals surface area contributed by atoms with Gasteiger partial charge in [-0.3, -0.25) is 4.90 Å². The molecule has 0 radical (unpaired) electrons. The SMILES string of the molecule is C1CCCN2C3CCC(C3)C2CC1. The third-order valence-corrected chi connectivity index (χ3v) is 4.55. The van der Waals surface area contributed by atoms with Crippen molar-refractivity contribution in [1.82, 2.24) is 4.90 Å². The minimum absolute atomic E-state index is 1.01. The van der Waals surface area contributed by atoms with E-state index in [4.69, 9.17) is 0 Å². The van der Waals surface area contributed by atoms with E-state index in [1.165, 1.54) is 45.1 Å². The summed E-state index contributed by atoms with van der Waals surface area (Å²) in [5.41, 5.74) is 0. The first-order valence-corrected chi connectivity index (χ1v) is 6.21. The average molecular weight is 179 g/mol. The Bertz CT molecular complexity index is 170. The summed E-state index contributed by atoms with van der Waals surface area (Å²) in [6.07, 6.45) is 12.1. The molecule has 0 aromatic carbocycles. The molecule has 0 aromatic heterocycles. The van der Waals surface area contributed by atoms with Crippen LogP contribution in [0.25, 0.3) is 0 Å². The molecule has 2 aliphatic heterocycles. The number of hydrogen-bond acceptors (Lipinski definition) is 1. The molecule has 2 saturated heterocycles. The van der Waals surface area contributed by atoms with Crippen molar-refractivity contribution in [1.29, 1.82) is 0 Å². The zero-order valence-corrected chi connectivity index (χ0v) is 8.54. The predicted molar refractivity (Wildman–Crippen MR) is 54.7 cm³/mol. The summed E-state index contributed by atoms with van der Waals surface area (Å²) in [5.74, 6) is 1.10. The molecule has 3 unspecified atom stereocenters. The summed E-state index contributed by atoms with van der Waals surface area (Å²) >= 11 is 0. The average Bonchev–Trinajstić information content (AvgIpc) is 2.62. The number of hydrogen-bond donors (Lipinski definition) is 0. The van der Waals surface area contributed by atoms with Gasteiger partial charge in [0.15, 0.2) is 0 Å².